The van der Waals surface area contributed by atoms with E-state index in [0.29, 0.717) is 24.3 Å². The van der Waals surface area contributed by atoms with Gasteiger partial charge >= 0.3 is 5.69 Å². The zero-order chi connectivity index (χ0) is 22.4. The molecule has 0 aliphatic carbocycles. The molecule has 0 unspecified atom stereocenters. The molecule has 0 bridgehead atoms. The zero-order valence-corrected chi connectivity index (χ0v) is 18.8. The van der Waals surface area contributed by atoms with Gasteiger partial charge in [-0.2, -0.15) is 0 Å². The Morgan fingerprint density at radius 1 is 1.12 bits per heavy atom. The number of nitrogens with zero attached hydrogens (tertiary/aromatic N) is 6. The van der Waals surface area contributed by atoms with E-state index in [2.05, 4.69) is 34.5 Å². The number of aromatic amines is 1. The number of nitrogens with one attached hydrogen (secondary N) is 1. The lowest BCUT2D eigenvalue weighted by Crippen LogP contribution is -2.31. The topological polar surface area (TPSA) is 93.7 Å². The highest BCUT2D eigenvalue weighted by molar-refractivity contribution is 5.76. The number of hydrogen-bond acceptors (Lipinski definition) is 5. The Balaban J connectivity index is 1.53. The predicted octanol–water partition coefficient (Wildman–Crippen LogP) is 2.45. The van der Waals surface area contributed by atoms with Crippen molar-refractivity contribution in [2.24, 2.45) is 14.1 Å². The average Bonchev–Trinajstić information content (AvgIpc) is 3.45. The summed E-state index contributed by atoms with van der Waals surface area (Å²) in [6, 6.07) is 8.38. The number of imidazole rings is 2. The number of hydrogen-bond donors (Lipinski definition) is 1. The van der Waals surface area contributed by atoms with E-state index in [1.807, 2.05) is 29.8 Å². The standard InChI is InChI=1S/C23H29N7O2/c1-4-5-13-30-21-19(22(31)26-23(30)32)28(3)18(25-21)14-29-12-8-11-17(29)20-24-15-9-6-7-10-16(15)27(20)2/h6-7,9-10,17H,4-5,8,11-14H2,1-3H3,(H,26,31,32)/t17-/m0/s1. The van der Waals surface area contributed by atoms with E-state index in [4.69, 9.17) is 9.97 Å². The molecule has 1 aliphatic rings. The molecule has 9 heteroatoms. The van der Waals surface area contributed by atoms with E-state index < -0.39 is 0 Å². The molecule has 1 aromatic carbocycles. The first-order chi connectivity index (χ1) is 15.5. The summed E-state index contributed by atoms with van der Waals surface area (Å²) in [6.07, 6.45) is 3.93. The second-order valence-corrected chi connectivity index (χ2v) is 8.67. The van der Waals surface area contributed by atoms with Crippen LogP contribution in [-0.2, 0) is 27.2 Å². The van der Waals surface area contributed by atoms with Gasteiger partial charge in [-0.25, -0.2) is 14.8 Å². The number of aromatic nitrogens is 6. The molecule has 4 heterocycles. The minimum absolute atomic E-state index is 0.188. The third-order valence-corrected chi connectivity index (χ3v) is 6.67. The number of rotatable bonds is 6. The van der Waals surface area contributed by atoms with Crippen LogP contribution < -0.4 is 11.2 Å². The third-order valence-electron chi connectivity index (χ3n) is 6.67. The fraction of sp³-hybridized carbons (Fsp3) is 0.478. The molecule has 1 saturated heterocycles. The monoisotopic (exact) mass is 435 g/mol. The smallest absolute Gasteiger partial charge is 0.330 e. The number of unbranched alkanes of at least 4 members (excludes halogenated alkanes) is 1. The van der Waals surface area contributed by atoms with Crippen molar-refractivity contribution < 1.29 is 0 Å². The molecule has 4 aromatic rings. The predicted molar refractivity (Wildman–Crippen MR) is 124 cm³/mol. The van der Waals surface area contributed by atoms with Crippen molar-refractivity contribution in [1.29, 1.82) is 0 Å². The summed E-state index contributed by atoms with van der Waals surface area (Å²) in [5.41, 5.74) is 2.29. The lowest BCUT2D eigenvalue weighted by molar-refractivity contribution is 0.229. The van der Waals surface area contributed by atoms with E-state index in [9.17, 15) is 9.59 Å². The largest absolute Gasteiger partial charge is 0.330 e. The molecule has 3 aromatic heterocycles. The minimum atomic E-state index is -0.389. The molecule has 0 amide bonds. The first-order valence-corrected chi connectivity index (χ1v) is 11.3. The van der Waals surface area contributed by atoms with Crippen LogP contribution in [0.15, 0.2) is 33.9 Å². The average molecular weight is 436 g/mol. The first kappa shape index (κ1) is 20.7. The van der Waals surface area contributed by atoms with Crippen LogP contribution in [0.2, 0.25) is 0 Å². The number of fused-ring (bicyclic) bond motifs is 2. The maximum Gasteiger partial charge on any atom is 0.330 e. The molecule has 32 heavy (non-hydrogen) atoms. The molecule has 168 valence electrons. The van der Waals surface area contributed by atoms with E-state index in [-0.39, 0.29) is 17.3 Å². The van der Waals surface area contributed by atoms with Gasteiger partial charge in [0.05, 0.1) is 23.6 Å². The highest BCUT2D eigenvalue weighted by Crippen LogP contribution is 2.34. The summed E-state index contributed by atoms with van der Waals surface area (Å²) in [4.78, 5) is 39.5. The van der Waals surface area contributed by atoms with E-state index in [1.54, 1.807) is 4.57 Å². The van der Waals surface area contributed by atoms with Crippen LogP contribution in [0.4, 0.5) is 0 Å². The number of likely N-dealkylation sites (tertiary alicyclic amines) is 1. The van der Waals surface area contributed by atoms with E-state index in [1.165, 1.54) is 0 Å². The summed E-state index contributed by atoms with van der Waals surface area (Å²) in [7, 11) is 3.93. The van der Waals surface area contributed by atoms with Crippen molar-refractivity contribution in [3.8, 4) is 0 Å². The van der Waals surface area contributed by atoms with Crippen molar-refractivity contribution in [3.63, 3.8) is 0 Å². The van der Waals surface area contributed by atoms with Gasteiger partial charge in [0.1, 0.15) is 11.6 Å². The number of H-pyrrole nitrogens is 1. The van der Waals surface area contributed by atoms with Crippen LogP contribution in [0, 0.1) is 0 Å². The van der Waals surface area contributed by atoms with Gasteiger partial charge in [-0.05, 0) is 37.9 Å². The fourth-order valence-electron chi connectivity index (χ4n) is 4.91. The van der Waals surface area contributed by atoms with E-state index in [0.717, 1.165) is 54.9 Å². The van der Waals surface area contributed by atoms with Crippen LogP contribution in [0.25, 0.3) is 22.2 Å². The van der Waals surface area contributed by atoms with Gasteiger partial charge in [-0.15, -0.1) is 0 Å². The molecule has 0 saturated carbocycles. The lowest BCUT2D eigenvalue weighted by Gasteiger charge is -2.23. The Hall–Kier alpha value is -3.20. The molecular weight excluding hydrogens is 406 g/mol. The van der Waals surface area contributed by atoms with Crippen molar-refractivity contribution in [3.05, 3.63) is 56.8 Å². The van der Waals surface area contributed by atoms with Crippen LogP contribution in [-0.4, -0.2) is 40.1 Å². The quantitative estimate of drug-likeness (QED) is 0.502. The maximum atomic E-state index is 12.6. The van der Waals surface area contributed by atoms with Crippen LogP contribution in [0.5, 0.6) is 0 Å². The van der Waals surface area contributed by atoms with Gasteiger partial charge in [0.15, 0.2) is 11.2 Å². The summed E-state index contributed by atoms with van der Waals surface area (Å²) in [5.74, 6) is 1.84. The number of aryl methyl sites for hydroxylation is 3. The van der Waals surface area contributed by atoms with Crippen LogP contribution in [0.3, 0.4) is 0 Å². The maximum absolute atomic E-state index is 12.6. The summed E-state index contributed by atoms with van der Waals surface area (Å²) >= 11 is 0. The van der Waals surface area contributed by atoms with Gasteiger partial charge in [-0.1, -0.05) is 25.5 Å². The molecule has 0 radical (unpaired) electrons. The van der Waals surface area contributed by atoms with Crippen molar-refractivity contribution in [2.45, 2.75) is 51.7 Å². The van der Waals surface area contributed by atoms with Gasteiger partial charge in [0, 0.05) is 20.6 Å². The SMILES string of the molecule is CCCCn1c(=O)[nH]c(=O)c2c1nc(CN1CCC[C@H]1c1nc3ccccc3n1C)n2C. The summed E-state index contributed by atoms with van der Waals surface area (Å²) in [5, 5.41) is 0. The van der Waals surface area contributed by atoms with E-state index >= 15 is 0 Å². The van der Waals surface area contributed by atoms with Gasteiger partial charge in [-0.3, -0.25) is 19.2 Å². The van der Waals surface area contributed by atoms with Crippen LogP contribution >= 0.6 is 0 Å². The highest BCUT2D eigenvalue weighted by atomic mass is 16.2. The zero-order valence-electron chi connectivity index (χ0n) is 18.8. The Kier molecular flexibility index (Phi) is 5.21. The van der Waals surface area contributed by atoms with Crippen LogP contribution in [0.1, 0.15) is 50.3 Å². The number of para-hydroxylation sites is 2. The first-order valence-electron chi connectivity index (χ1n) is 11.3. The second-order valence-electron chi connectivity index (χ2n) is 8.67. The molecule has 1 fully saturated rings. The van der Waals surface area contributed by atoms with Crippen molar-refractivity contribution in [1.82, 2.24) is 33.6 Å². The summed E-state index contributed by atoms with van der Waals surface area (Å²) < 4.78 is 5.61. The molecule has 9 nitrogen and oxygen atoms in total. The molecule has 1 atom stereocenters. The highest BCUT2D eigenvalue weighted by Gasteiger charge is 2.31. The van der Waals surface area contributed by atoms with Gasteiger partial charge in [0.2, 0.25) is 0 Å². The Morgan fingerprint density at radius 2 is 1.94 bits per heavy atom. The number of benzene rings is 1. The molecule has 1 N–H and O–H groups in total. The molecule has 1 aliphatic heterocycles. The third kappa shape index (κ3) is 3.28. The van der Waals surface area contributed by atoms with Crippen molar-refractivity contribution in [2.75, 3.05) is 6.54 Å². The Labute approximate surface area is 185 Å². The molecule has 0 spiro atoms. The summed E-state index contributed by atoms with van der Waals surface area (Å²) in [6.45, 7) is 4.16. The second kappa shape index (κ2) is 8.05. The van der Waals surface area contributed by atoms with Gasteiger partial charge in [0.25, 0.3) is 5.56 Å². The lowest BCUT2D eigenvalue weighted by atomic mass is 10.2. The Bertz CT molecular complexity index is 1410. The Morgan fingerprint density at radius 3 is 2.72 bits per heavy atom. The molecular formula is C23H29N7O2. The normalized spacial score (nSPS) is 17.2. The minimum Gasteiger partial charge on any atom is -0.330 e. The van der Waals surface area contributed by atoms with Crippen molar-refractivity contribution >= 4 is 22.2 Å². The molecule has 5 rings (SSSR count). The van der Waals surface area contributed by atoms with Gasteiger partial charge < -0.3 is 9.13 Å². The fourth-order valence-corrected chi connectivity index (χ4v) is 4.91.